The number of ether oxygens (including phenoxy) is 2. The zero-order chi connectivity index (χ0) is 14.9. The van der Waals surface area contributed by atoms with Crippen LogP contribution in [0, 0.1) is 0 Å². The van der Waals surface area contributed by atoms with Crippen LogP contribution in [0.2, 0.25) is 0 Å². The normalized spacial score (nSPS) is 10.3. The number of benzene rings is 2. The van der Waals surface area contributed by atoms with E-state index in [1.165, 1.54) is 0 Å². The minimum atomic E-state index is -0.812. The molecule has 0 aliphatic rings. The van der Waals surface area contributed by atoms with Crippen molar-refractivity contribution in [3.8, 4) is 11.5 Å². The van der Waals surface area contributed by atoms with E-state index in [9.17, 15) is 4.79 Å². The monoisotopic (exact) mass is 286 g/mol. The van der Waals surface area contributed by atoms with Gasteiger partial charge in [-0.05, 0) is 30.7 Å². The molecule has 0 aromatic heterocycles. The minimum absolute atomic E-state index is 0.104. The molecule has 4 nitrogen and oxygen atoms in total. The van der Waals surface area contributed by atoms with Crippen LogP contribution >= 0.6 is 0 Å². The first-order valence-electron chi connectivity index (χ1n) is 6.89. The van der Waals surface area contributed by atoms with Gasteiger partial charge in [-0.1, -0.05) is 36.4 Å². The van der Waals surface area contributed by atoms with E-state index in [0.29, 0.717) is 24.3 Å². The third-order valence-corrected chi connectivity index (χ3v) is 2.85. The average Bonchev–Trinajstić information content (AvgIpc) is 2.49. The Morgan fingerprint density at radius 2 is 1.38 bits per heavy atom. The van der Waals surface area contributed by atoms with E-state index < -0.39 is 12.3 Å². The smallest absolute Gasteiger partial charge is 0.303 e. The Balaban J connectivity index is 1.97. The lowest BCUT2D eigenvalue weighted by Crippen LogP contribution is -2.24. The van der Waals surface area contributed by atoms with Crippen molar-refractivity contribution in [2.24, 2.45) is 0 Å². The zero-order valence-corrected chi connectivity index (χ0v) is 11.6. The van der Waals surface area contributed by atoms with Crippen molar-refractivity contribution in [2.45, 2.75) is 25.6 Å². The van der Waals surface area contributed by atoms with Gasteiger partial charge in [0.05, 0.1) is 0 Å². The van der Waals surface area contributed by atoms with Crippen LogP contribution in [-0.4, -0.2) is 17.4 Å². The Kier molecular flexibility index (Phi) is 5.64. The molecule has 4 heteroatoms. The largest absolute Gasteiger partial charge is 0.481 e. The summed E-state index contributed by atoms with van der Waals surface area (Å²) in [5.74, 6) is 0.593. The molecule has 0 saturated carbocycles. The molecule has 2 rings (SSSR count). The molecule has 21 heavy (non-hydrogen) atoms. The summed E-state index contributed by atoms with van der Waals surface area (Å²) in [7, 11) is 0. The molecule has 0 spiro atoms. The number of carboxylic acids is 1. The summed E-state index contributed by atoms with van der Waals surface area (Å²) in [6.45, 7) is 0. The predicted octanol–water partition coefficient (Wildman–Crippen LogP) is 3.73. The van der Waals surface area contributed by atoms with Crippen molar-refractivity contribution in [2.75, 3.05) is 0 Å². The molecule has 0 heterocycles. The Morgan fingerprint density at radius 1 is 0.905 bits per heavy atom. The lowest BCUT2D eigenvalue weighted by molar-refractivity contribution is -0.137. The topological polar surface area (TPSA) is 55.8 Å². The average molecular weight is 286 g/mol. The SMILES string of the molecule is O=C(O)CCCC(Oc1ccccc1)Oc1ccccc1. The fourth-order valence-electron chi connectivity index (χ4n) is 1.86. The van der Waals surface area contributed by atoms with Gasteiger partial charge in [-0.2, -0.15) is 0 Å². The maximum atomic E-state index is 10.6. The molecule has 1 N–H and O–H groups in total. The predicted molar refractivity (Wildman–Crippen MR) is 79.4 cm³/mol. The first-order chi connectivity index (χ1) is 10.2. The third-order valence-electron chi connectivity index (χ3n) is 2.85. The maximum Gasteiger partial charge on any atom is 0.303 e. The molecule has 2 aromatic carbocycles. The molecule has 110 valence electrons. The first-order valence-corrected chi connectivity index (χ1v) is 6.89. The highest BCUT2D eigenvalue weighted by molar-refractivity contribution is 5.66. The second-order valence-electron chi connectivity index (χ2n) is 4.58. The summed E-state index contributed by atoms with van der Waals surface area (Å²) in [4.78, 5) is 10.6. The van der Waals surface area contributed by atoms with Crippen LogP contribution < -0.4 is 9.47 Å². The molecule has 2 aromatic rings. The van der Waals surface area contributed by atoms with Gasteiger partial charge in [0.15, 0.2) is 0 Å². The van der Waals surface area contributed by atoms with Crippen molar-refractivity contribution in [1.29, 1.82) is 0 Å². The number of hydrogen-bond donors (Lipinski definition) is 1. The van der Waals surface area contributed by atoms with Crippen LogP contribution in [0.1, 0.15) is 19.3 Å². The second-order valence-corrected chi connectivity index (χ2v) is 4.58. The Morgan fingerprint density at radius 3 is 1.81 bits per heavy atom. The molecule has 0 amide bonds. The van der Waals surface area contributed by atoms with E-state index in [1.807, 2.05) is 60.7 Å². The molecular formula is C17H18O4. The molecule has 0 aliphatic heterocycles. The third kappa shape index (κ3) is 5.57. The van der Waals surface area contributed by atoms with E-state index in [4.69, 9.17) is 14.6 Å². The molecule has 0 unspecified atom stereocenters. The number of para-hydroxylation sites is 2. The summed E-state index contributed by atoms with van der Waals surface area (Å²) in [6, 6.07) is 18.7. The van der Waals surface area contributed by atoms with E-state index in [2.05, 4.69) is 0 Å². The lowest BCUT2D eigenvalue weighted by Gasteiger charge is -2.20. The van der Waals surface area contributed by atoms with E-state index in [-0.39, 0.29) is 6.42 Å². The standard InChI is InChI=1S/C17H18O4/c18-16(19)12-7-13-17(20-14-8-3-1-4-9-14)21-15-10-5-2-6-11-15/h1-6,8-11,17H,7,12-13H2,(H,18,19). The molecule has 0 atom stereocenters. The minimum Gasteiger partial charge on any atom is -0.481 e. The van der Waals surface area contributed by atoms with Crippen molar-refractivity contribution in [1.82, 2.24) is 0 Å². The van der Waals surface area contributed by atoms with Gasteiger partial charge in [0, 0.05) is 12.8 Å². The first kappa shape index (κ1) is 14.9. The van der Waals surface area contributed by atoms with Crippen LogP contribution in [0.5, 0.6) is 11.5 Å². The highest BCUT2D eigenvalue weighted by Gasteiger charge is 2.13. The summed E-state index contributed by atoms with van der Waals surface area (Å²) in [5.41, 5.74) is 0. The Labute approximate surface area is 123 Å². The maximum absolute atomic E-state index is 10.6. The van der Waals surface area contributed by atoms with Gasteiger partial charge in [-0.15, -0.1) is 0 Å². The number of carboxylic acid groups (broad SMARTS) is 1. The highest BCUT2D eigenvalue weighted by Crippen LogP contribution is 2.18. The van der Waals surface area contributed by atoms with Crippen molar-refractivity contribution < 1.29 is 19.4 Å². The zero-order valence-electron chi connectivity index (χ0n) is 11.6. The van der Waals surface area contributed by atoms with Crippen LogP contribution in [0.25, 0.3) is 0 Å². The van der Waals surface area contributed by atoms with Gasteiger partial charge in [0.25, 0.3) is 0 Å². The number of aliphatic carboxylic acids is 1. The molecule has 0 saturated heterocycles. The van der Waals surface area contributed by atoms with Gasteiger partial charge in [-0.25, -0.2) is 0 Å². The van der Waals surface area contributed by atoms with Gasteiger partial charge < -0.3 is 14.6 Å². The molecule has 0 bridgehead atoms. The van der Waals surface area contributed by atoms with Crippen LogP contribution in [0.15, 0.2) is 60.7 Å². The number of hydrogen-bond acceptors (Lipinski definition) is 3. The molecule has 0 aliphatic carbocycles. The lowest BCUT2D eigenvalue weighted by atomic mass is 10.2. The highest BCUT2D eigenvalue weighted by atomic mass is 16.7. The summed E-state index contributed by atoms with van der Waals surface area (Å²) < 4.78 is 11.6. The van der Waals surface area contributed by atoms with Crippen molar-refractivity contribution in [3.05, 3.63) is 60.7 Å². The number of carbonyl (C=O) groups is 1. The van der Waals surface area contributed by atoms with Gasteiger partial charge >= 0.3 is 5.97 Å². The van der Waals surface area contributed by atoms with Crippen molar-refractivity contribution in [3.63, 3.8) is 0 Å². The summed E-state index contributed by atoms with van der Waals surface area (Å²) in [6.07, 6.45) is 0.608. The van der Waals surface area contributed by atoms with E-state index in [1.54, 1.807) is 0 Å². The summed E-state index contributed by atoms with van der Waals surface area (Å²) >= 11 is 0. The Hall–Kier alpha value is -2.49. The van der Waals surface area contributed by atoms with E-state index in [0.717, 1.165) is 0 Å². The molecular weight excluding hydrogens is 268 g/mol. The van der Waals surface area contributed by atoms with Gasteiger partial charge in [0.1, 0.15) is 11.5 Å². The van der Waals surface area contributed by atoms with Crippen molar-refractivity contribution >= 4 is 5.97 Å². The van der Waals surface area contributed by atoms with Gasteiger partial charge in [-0.3, -0.25) is 4.79 Å². The van der Waals surface area contributed by atoms with Gasteiger partial charge in [0.2, 0.25) is 6.29 Å². The number of rotatable bonds is 8. The second kappa shape index (κ2) is 7.94. The Bertz CT molecular complexity index is 498. The van der Waals surface area contributed by atoms with E-state index >= 15 is 0 Å². The van der Waals surface area contributed by atoms with Crippen LogP contribution in [0.3, 0.4) is 0 Å². The molecule has 0 fully saturated rings. The quantitative estimate of drug-likeness (QED) is 0.751. The summed E-state index contributed by atoms with van der Waals surface area (Å²) in [5, 5.41) is 8.72. The van der Waals surface area contributed by atoms with Crippen LogP contribution in [0.4, 0.5) is 0 Å². The fraction of sp³-hybridized carbons (Fsp3) is 0.235. The van der Waals surface area contributed by atoms with Crippen LogP contribution in [-0.2, 0) is 4.79 Å². The fourth-order valence-corrected chi connectivity index (χ4v) is 1.86. The molecule has 0 radical (unpaired) electrons.